The van der Waals surface area contributed by atoms with Crippen LogP contribution in [0.4, 0.5) is 0 Å². The molecule has 0 radical (unpaired) electrons. The van der Waals surface area contributed by atoms with Gasteiger partial charge in [0.25, 0.3) is 0 Å². The highest BCUT2D eigenvalue weighted by Crippen LogP contribution is 2.20. The maximum absolute atomic E-state index is 9.63. The third-order valence-electron chi connectivity index (χ3n) is 2.71. The molecule has 5 N–H and O–H groups in total. The molecule has 96 valence electrons. The van der Waals surface area contributed by atoms with Gasteiger partial charge in [0, 0.05) is 6.61 Å². The predicted octanol–water partition coefficient (Wildman–Crippen LogP) is -1.43. The molecule has 1 fully saturated rings. The summed E-state index contributed by atoms with van der Waals surface area (Å²) in [5.74, 6) is 0. The second-order valence-corrected chi connectivity index (χ2v) is 4.01. The summed E-state index contributed by atoms with van der Waals surface area (Å²) in [5.41, 5.74) is 5.67. The van der Waals surface area contributed by atoms with Crippen molar-refractivity contribution in [1.82, 2.24) is 0 Å². The second kappa shape index (κ2) is 6.48. The molecule has 0 spiro atoms. The van der Waals surface area contributed by atoms with Gasteiger partial charge in [-0.15, -0.1) is 0 Å². The molecular weight excluding hydrogens is 214 g/mol. The molecule has 0 bridgehead atoms. The smallest absolute Gasteiger partial charge is 0.175 e. The van der Waals surface area contributed by atoms with E-state index in [4.69, 9.17) is 20.3 Å². The zero-order chi connectivity index (χ0) is 12.1. The summed E-state index contributed by atoms with van der Waals surface area (Å²) < 4.78 is 10.6. The molecule has 0 amide bonds. The number of ether oxygens (including phenoxy) is 2. The lowest BCUT2D eigenvalue weighted by atomic mass is 9.98. The molecule has 0 aromatic carbocycles. The molecule has 1 heterocycles. The van der Waals surface area contributed by atoms with E-state index in [0.717, 1.165) is 12.8 Å². The van der Waals surface area contributed by atoms with Crippen LogP contribution in [0.5, 0.6) is 0 Å². The lowest BCUT2D eigenvalue weighted by Crippen LogP contribution is -2.62. The summed E-state index contributed by atoms with van der Waals surface area (Å²) in [6.07, 6.45) is -2.09. The van der Waals surface area contributed by atoms with Gasteiger partial charge in [-0.25, -0.2) is 0 Å². The van der Waals surface area contributed by atoms with Crippen molar-refractivity contribution >= 4 is 0 Å². The lowest BCUT2D eigenvalue weighted by molar-refractivity contribution is -0.265. The normalized spacial score (nSPS) is 39.9. The Morgan fingerprint density at radius 2 is 2.00 bits per heavy atom. The predicted molar refractivity (Wildman–Crippen MR) is 56.6 cm³/mol. The molecular formula is C10H21NO5. The van der Waals surface area contributed by atoms with E-state index in [0.29, 0.717) is 6.61 Å². The number of aliphatic hydroxyl groups is 3. The van der Waals surface area contributed by atoms with Crippen LogP contribution in [-0.2, 0) is 9.47 Å². The molecule has 0 aromatic rings. The fourth-order valence-corrected chi connectivity index (χ4v) is 1.60. The van der Waals surface area contributed by atoms with E-state index in [2.05, 4.69) is 0 Å². The standard InChI is InChI=1S/C10H21NO5/c1-2-3-4-15-10-7(11)9(14)8(13)6(5-12)16-10/h6-10,12-14H,2-5,11H2,1H3/t6-,7-,8-,9-,10+/m1/s1. The van der Waals surface area contributed by atoms with Crippen LogP contribution in [0, 0.1) is 0 Å². The molecule has 0 unspecified atom stereocenters. The molecule has 6 nitrogen and oxygen atoms in total. The summed E-state index contributed by atoms with van der Waals surface area (Å²) in [4.78, 5) is 0. The Morgan fingerprint density at radius 1 is 1.31 bits per heavy atom. The molecule has 1 rings (SSSR count). The Balaban J connectivity index is 2.50. The van der Waals surface area contributed by atoms with Gasteiger partial charge in [-0.3, -0.25) is 0 Å². The lowest BCUT2D eigenvalue weighted by Gasteiger charge is -2.40. The van der Waals surface area contributed by atoms with Gasteiger partial charge in [0.05, 0.1) is 12.6 Å². The van der Waals surface area contributed by atoms with Crippen molar-refractivity contribution in [2.24, 2.45) is 5.73 Å². The van der Waals surface area contributed by atoms with Crippen molar-refractivity contribution in [1.29, 1.82) is 0 Å². The summed E-state index contributed by atoms with van der Waals surface area (Å²) in [6.45, 7) is 2.13. The Kier molecular flexibility index (Phi) is 5.60. The van der Waals surface area contributed by atoms with E-state index < -0.39 is 30.6 Å². The van der Waals surface area contributed by atoms with Crippen molar-refractivity contribution in [2.75, 3.05) is 13.2 Å². The number of unbranched alkanes of at least 4 members (excludes halogenated alkanes) is 1. The van der Waals surface area contributed by atoms with E-state index in [9.17, 15) is 10.2 Å². The fraction of sp³-hybridized carbons (Fsp3) is 1.00. The molecule has 0 aliphatic carbocycles. The molecule has 0 aromatic heterocycles. The SMILES string of the molecule is CCCCO[C@H]1O[C@H](CO)[C@@H](O)[C@H](O)[C@H]1N. The number of rotatable bonds is 5. The highest BCUT2D eigenvalue weighted by Gasteiger charge is 2.42. The quantitative estimate of drug-likeness (QED) is 0.435. The number of nitrogens with two attached hydrogens (primary N) is 1. The summed E-state index contributed by atoms with van der Waals surface area (Å²) in [6, 6.07) is -0.797. The molecule has 1 aliphatic rings. The van der Waals surface area contributed by atoms with Crippen LogP contribution in [-0.4, -0.2) is 59.2 Å². The highest BCUT2D eigenvalue weighted by molar-refractivity contribution is 4.91. The van der Waals surface area contributed by atoms with Crippen LogP contribution in [0.15, 0.2) is 0 Å². The van der Waals surface area contributed by atoms with Gasteiger partial charge in [0.2, 0.25) is 0 Å². The fourth-order valence-electron chi connectivity index (χ4n) is 1.60. The average molecular weight is 235 g/mol. The van der Waals surface area contributed by atoms with Crippen molar-refractivity contribution in [3.63, 3.8) is 0 Å². The van der Waals surface area contributed by atoms with Crippen molar-refractivity contribution < 1.29 is 24.8 Å². The molecule has 5 atom stereocenters. The van der Waals surface area contributed by atoms with Gasteiger partial charge < -0.3 is 30.5 Å². The van der Waals surface area contributed by atoms with Crippen molar-refractivity contribution in [3.8, 4) is 0 Å². The van der Waals surface area contributed by atoms with Gasteiger partial charge in [0.1, 0.15) is 18.3 Å². The van der Waals surface area contributed by atoms with E-state index in [-0.39, 0.29) is 6.61 Å². The Morgan fingerprint density at radius 3 is 2.56 bits per heavy atom. The Bertz CT molecular complexity index is 202. The van der Waals surface area contributed by atoms with Gasteiger partial charge in [0.15, 0.2) is 6.29 Å². The summed E-state index contributed by atoms with van der Waals surface area (Å²) in [7, 11) is 0. The molecule has 1 aliphatic heterocycles. The van der Waals surface area contributed by atoms with Crippen LogP contribution in [0.25, 0.3) is 0 Å². The van der Waals surface area contributed by atoms with Gasteiger partial charge >= 0.3 is 0 Å². The summed E-state index contributed by atoms with van der Waals surface area (Å²) in [5, 5.41) is 28.1. The number of hydrogen-bond donors (Lipinski definition) is 4. The number of aliphatic hydroxyl groups excluding tert-OH is 3. The maximum Gasteiger partial charge on any atom is 0.175 e. The van der Waals surface area contributed by atoms with Crippen molar-refractivity contribution in [2.45, 2.75) is 50.4 Å². The Labute approximate surface area is 95.0 Å². The monoisotopic (exact) mass is 235 g/mol. The van der Waals surface area contributed by atoms with Crippen LogP contribution in [0.1, 0.15) is 19.8 Å². The summed E-state index contributed by atoms with van der Waals surface area (Å²) >= 11 is 0. The van der Waals surface area contributed by atoms with E-state index in [1.54, 1.807) is 0 Å². The van der Waals surface area contributed by atoms with Crippen LogP contribution < -0.4 is 5.73 Å². The minimum atomic E-state index is -1.17. The minimum Gasteiger partial charge on any atom is -0.394 e. The first-order valence-electron chi connectivity index (χ1n) is 5.61. The first kappa shape index (κ1) is 13.8. The van der Waals surface area contributed by atoms with Crippen LogP contribution >= 0.6 is 0 Å². The first-order chi connectivity index (χ1) is 7.61. The Hall–Kier alpha value is -0.240. The number of hydrogen-bond acceptors (Lipinski definition) is 6. The molecule has 1 saturated heterocycles. The second-order valence-electron chi connectivity index (χ2n) is 4.01. The van der Waals surface area contributed by atoms with Crippen molar-refractivity contribution in [3.05, 3.63) is 0 Å². The zero-order valence-corrected chi connectivity index (χ0v) is 9.45. The minimum absolute atomic E-state index is 0.376. The van der Waals surface area contributed by atoms with E-state index in [1.165, 1.54) is 0 Å². The third-order valence-corrected chi connectivity index (χ3v) is 2.71. The highest BCUT2D eigenvalue weighted by atomic mass is 16.7. The maximum atomic E-state index is 9.63. The topological polar surface area (TPSA) is 105 Å². The zero-order valence-electron chi connectivity index (χ0n) is 9.45. The van der Waals surface area contributed by atoms with Crippen LogP contribution in [0.3, 0.4) is 0 Å². The average Bonchev–Trinajstić information content (AvgIpc) is 2.29. The molecule has 6 heteroatoms. The van der Waals surface area contributed by atoms with E-state index >= 15 is 0 Å². The molecule has 0 saturated carbocycles. The van der Waals surface area contributed by atoms with Gasteiger partial charge in [-0.05, 0) is 6.42 Å². The third kappa shape index (κ3) is 3.13. The van der Waals surface area contributed by atoms with E-state index in [1.807, 2.05) is 6.92 Å². The van der Waals surface area contributed by atoms with Gasteiger partial charge in [-0.2, -0.15) is 0 Å². The van der Waals surface area contributed by atoms with Gasteiger partial charge in [-0.1, -0.05) is 13.3 Å². The largest absolute Gasteiger partial charge is 0.394 e. The first-order valence-corrected chi connectivity index (χ1v) is 5.61. The molecule has 16 heavy (non-hydrogen) atoms. The van der Waals surface area contributed by atoms with Crippen LogP contribution in [0.2, 0.25) is 0 Å².